The van der Waals surface area contributed by atoms with Gasteiger partial charge in [0.1, 0.15) is 17.0 Å². The Morgan fingerprint density at radius 1 is 1.22 bits per heavy atom. The van der Waals surface area contributed by atoms with Gasteiger partial charge in [-0.2, -0.15) is 0 Å². The van der Waals surface area contributed by atoms with E-state index < -0.39 is 5.54 Å². The predicted molar refractivity (Wildman–Crippen MR) is 122 cm³/mol. The van der Waals surface area contributed by atoms with Crippen molar-refractivity contribution < 1.29 is 18.7 Å². The maximum Gasteiger partial charge on any atom is 0.276 e. The van der Waals surface area contributed by atoms with Crippen LogP contribution in [0.2, 0.25) is 5.02 Å². The fourth-order valence-corrected chi connectivity index (χ4v) is 5.25. The first-order chi connectivity index (χ1) is 15.4. The number of nitrogens with zero attached hydrogens (tertiary/aromatic N) is 2. The number of halogens is 1. The molecule has 8 heteroatoms. The molecule has 0 saturated heterocycles. The molecule has 0 unspecified atom stereocenters. The summed E-state index contributed by atoms with van der Waals surface area (Å²) in [5, 5.41) is 3.60. The van der Waals surface area contributed by atoms with Crippen LogP contribution in [0.5, 0.6) is 5.75 Å². The van der Waals surface area contributed by atoms with E-state index in [1.54, 1.807) is 35.4 Å². The van der Waals surface area contributed by atoms with E-state index in [1.807, 2.05) is 17.6 Å². The highest BCUT2D eigenvalue weighted by Gasteiger charge is 2.49. The number of aromatic nitrogens is 1. The first kappa shape index (κ1) is 20.9. The number of carbonyl (C=O) groups excluding carboxylic acids is 2. The number of ether oxygens (including phenoxy) is 1. The molecule has 2 aliphatic rings. The highest BCUT2D eigenvalue weighted by atomic mass is 35.5. The fourth-order valence-electron chi connectivity index (χ4n) is 5.00. The molecule has 1 aromatic carbocycles. The third-order valence-electron chi connectivity index (χ3n) is 6.73. The molecule has 1 saturated carbocycles. The molecule has 0 bridgehead atoms. The zero-order chi connectivity index (χ0) is 22.5. The second-order valence-corrected chi connectivity index (χ2v) is 9.23. The molecule has 1 N–H and O–H groups in total. The Hall–Kier alpha value is -2.93. The zero-order valence-electron chi connectivity index (χ0n) is 18.2. The molecule has 1 atom stereocenters. The number of amides is 2. The lowest BCUT2D eigenvalue weighted by Crippen LogP contribution is -2.65. The Labute approximate surface area is 191 Å². The van der Waals surface area contributed by atoms with Gasteiger partial charge in [-0.3, -0.25) is 14.5 Å². The molecule has 168 valence electrons. The Bertz CT molecular complexity index is 1190. The van der Waals surface area contributed by atoms with Crippen LogP contribution in [0.25, 0.3) is 11.1 Å². The van der Waals surface area contributed by atoms with E-state index >= 15 is 0 Å². The number of nitrogens with one attached hydrogen (secondary N) is 1. The number of hydrogen-bond donors (Lipinski definition) is 1. The van der Waals surface area contributed by atoms with Crippen molar-refractivity contribution in [3.8, 4) is 5.75 Å². The SMILES string of the molecule is COc1ccc(N2C(=O)c3cc4occc4n3C[C@@]2(C)C(=O)NC2CCCCC2)cc1Cl. The van der Waals surface area contributed by atoms with Crippen LogP contribution in [0, 0.1) is 0 Å². The summed E-state index contributed by atoms with van der Waals surface area (Å²) in [6.07, 6.45) is 6.93. The van der Waals surface area contributed by atoms with Gasteiger partial charge in [0.15, 0.2) is 5.58 Å². The van der Waals surface area contributed by atoms with Gasteiger partial charge in [-0.15, -0.1) is 0 Å². The van der Waals surface area contributed by atoms with Gasteiger partial charge in [0.05, 0.1) is 30.5 Å². The number of furan rings is 1. The van der Waals surface area contributed by atoms with E-state index in [0.717, 1.165) is 31.2 Å². The monoisotopic (exact) mass is 455 g/mol. The second kappa shape index (κ2) is 7.89. The smallest absolute Gasteiger partial charge is 0.276 e. The van der Waals surface area contributed by atoms with Crippen LogP contribution >= 0.6 is 11.6 Å². The molecule has 2 amide bonds. The highest BCUT2D eigenvalue weighted by Crippen LogP contribution is 2.39. The second-order valence-electron chi connectivity index (χ2n) is 8.83. The molecule has 1 fully saturated rings. The van der Waals surface area contributed by atoms with Crippen molar-refractivity contribution in [3.05, 3.63) is 47.3 Å². The Kier molecular flexibility index (Phi) is 5.16. The normalized spacial score (nSPS) is 21.6. The van der Waals surface area contributed by atoms with Gasteiger partial charge in [-0.1, -0.05) is 30.9 Å². The summed E-state index contributed by atoms with van der Waals surface area (Å²) < 4.78 is 12.7. The number of anilines is 1. The standard InChI is InChI=1S/C24H26ClN3O4/c1-24(23(30)26-15-6-4-3-5-7-15)14-27-18-10-11-32-21(18)13-19(27)22(29)28(24)16-8-9-20(31-2)17(25)12-16/h8-13,15H,3-7,14H2,1-2H3,(H,26,30)/t24-/m0/s1. The summed E-state index contributed by atoms with van der Waals surface area (Å²) in [5.41, 5.74) is 1.30. The van der Waals surface area contributed by atoms with Gasteiger partial charge in [0.25, 0.3) is 5.91 Å². The van der Waals surface area contributed by atoms with Gasteiger partial charge in [0, 0.05) is 23.9 Å². The molecule has 2 aromatic heterocycles. The maximum absolute atomic E-state index is 13.8. The van der Waals surface area contributed by atoms with Crippen molar-refractivity contribution in [3.63, 3.8) is 0 Å². The minimum Gasteiger partial charge on any atom is -0.495 e. The topological polar surface area (TPSA) is 76.7 Å². The Morgan fingerprint density at radius 2 is 2.00 bits per heavy atom. The number of carbonyl (C=O) groups is 2. The van der Waals surface area contributed by atoms with Crippen LogP contribution < -0.4 is 15.0 Å². The molecular formula is C24H26ClN3O4. The third kappa shape index (κ3) is 3.26. The van der Waals surface area contributed by atoms with E-state index in [4.69, 9.17) is 20.8 Å². The zero-order valence-corrected chi connectivity index (χ0v) is 18.9. The molecular weight excluding hydrogens is 430 g/mol. The largest absolute Gasteiger partial charge is 0.495 e. The number of methoxy groups -OCH3 is 1. The molecule has 3 heterocycles. The summed E-state index contributed by atoms with van der Waals surface area (Å²) in [4.78, 5) is 29.1. The number of fused-ring (bicyclic) bond motifs is 3. The van der Waals surface area contributed by atoms with Crippen molar-refractivity contribution in [1.29, 1.82) is 0 Å². The number of rotatable bonds is 4. The maximum atomic E-state index is 13.8. The average Bonchev–Trinajstić information content (AvgIpc) is 3.37. The van der Waals surface area contributed by atoms with Crippen molar-refractivity contribution in [1.82, 2.24) is 9.88 Å². The molecule has 1 aliphatic heterocycles. The molecule has 0 radical (unpaired) electrons. The van der Waals surface area contributed by atoms with Gasteiger partial charge >= 0.3 is 0 Å². The lowest BCUT2D eigenvalue weighted by Gasteiger charge is -2.44. The molecule has 1 aliphatic carbocycles. The predicted octanol–water partition coefficient (Wildman–Crippen LogP) is 4.76. The highest BCUT2D eigenvalue weighted by molar-refractivity contribution is 6.32. The summed E-state index contributed by atoms with van der Waals surface area (Å²) in [6, 6.07) is 8.83. The van der Waals surface area contributed by atoms with Crippen LogP contribution in [0.15, 0.2) is 41.0 Å². The summed E-state index contributed by atoms with van der Waals surface area (Å²) >= 11 is 6.39. The molecule has 3 aromatic rings. The first-order valence-corrected chi connectivity index (χ1v) is 11.4. The van der Waals surface area contributed by atoms with Crippen molar-refractivity contribution >= 4 is 40.2 Å². The number of benzene rings is 1. The van der Waals surface area contributed by atoms with Crippen LogP contribution in [-0.2, 0) is 11.3 Å². The lowest BCUT2D eigenvalue weighted by atomic mass is 9.91. The van der Waals surface area contributed by atoms with Crippen molar-refractivity contribution in [2.45, 2.75) is 57.2 Å². The van der Waals surface area contributed by atoms with E-state index in [1.165, 1.54) is 13.5 Å². The van der Waals surface area contributed by atoms with E-state index in [2.05, 4.69) is 5.32 Å². The Balaban J connectivity index is 1.60. The number of hydrogen-bond acceptors (Lipinski definition) is 4. The van der Waals surface area contributed by atoms with Gasteiger partial charge in [-0.05, 0) is 38.0 Å². The van der Waals surface area contributed by atoms with Crippen molar-refractivity contribution in [2.75, 3.05) is 12.0 Å². The summed E-state index contributed by atoms with van der Waals surface area (Å²) in [7, 11) is 1.54. The van der Waals surface area contributed by atoms with E-state index in [9.17, 15) is 9.59 Å². The Morgan fingerprint density at radius 3 is 2.72 bits per heavy atom. The first-order valence-electron chi connectivity index (χ1n) is 11.0. The third-order valence-corrected chi connectivity index (χ3v) is 7.02. The lowest BCUT2D eigenvalue weighted by molar-refractivity contribution is -0.127. The summed E-state index contributed by atoms with van der Waals surface area (Å²) in [6.45, 7) is 2.12. The fraction of sp³-hybridized carbons (Fsp3) is 0.417. The minimum absolute atomic E-state index is 0.129. The molecule has 7 nitrogen and oxygen atoms in total. The van der Waals surface area contributed by atoms with Crippen molar-refractivity contribution in [2.24, 2.45) is 0 Å². The van der Waals surface area contributed by atoms with Crippen LogP contribution in [0.4, 0.5) is 5.69 Å². The molecule has 5 rings (SSSR count). The van der Waals surface area contributed by atoms with Gasteiger partial charge in [-0.25, -0.2) is 0 Å². The van der Waals surface area contributed by atoms with Crippen LogP contribution in [0.1, 0.15) is 49.5 Å². The van der Waals surface area contributed by atoms with E-state index in [-0.39, 0.29) is 17.9 Å². The minimum atomic E-state index is -1.15. The summed E-state index contributed by atoms with van der Waals surface area (Å²) in [5.74, 6) is 0.0694. The molecule has 0 spiro atoms. The van der Waals surface area contributed by atoms with Crippen LogP contribution in [-0.4, -0.2) is 35.1 Å². The average molecular weight is 456 g/mol. The van der Waals surface area contributed by atoms with Gasteiger partial charge in [0.2, 0.25) is 5.91 Å². The van der Waals surface area contributed by atoms with Crippen LogP contribution in [0.3, 0.4) is 0 Å². The molecule has 32 heavy (non-hydrogen) atoms. The quantitative estimate of drug-likeness (QED) is 0.615. The van der Waals surface area contributed by atoms with Gasteiger partial charge < -0.3 is 19.0 Å². The van der Waals surface area contributed by atoms with E-state index in [0.29, 0.717) is 34.3 Å².